The van der Waals surface area contributed by atoms with Crippen LogP contribution in [0.2, 0.25) is 0 Å². The van der Waals surface area contributed by atoms with E-state index in [2.05, 4.69) is 20.8 Å². The second-order valence-corrected chi connectivity index (χ2v) is 5.46. The first kappa shape index (κ1) is 12.5. The van der Waals surface area contributed by atoms with Crippen molar-refractivity contribution in [2.24, 2.45) is 17.8 Å². The van der Waals surface area contributed by atoms with Crippen LogP contribution in [0, 0.1) is 17.8 Å². The molecule has 2 heteroatoms. The number of carbonyl (C=O) groups excluding carboxylic acids is 1. The first-order valence-electron chi connectivity index (χ1n) is 6.16. The molecule has 15 heavy (non-hydrogen) atoms. The lowest BCUT2D eigenvalue weighted by atomic mass is 9.77. The highest BCUT2D eigenvalue weighted by Gasteiger charge is 2.31. The van der Waals surface area contributed by atoms with E-state index >= 15 is 0 Å². The van der Waals surface area contributed by atoms with Gasteiger partial charge in [0.05, 0.1) is 0 Å². The molecule has 0 aromatic carbocycles. The summed E-state index contributed by atoms with van der Waals surface area (Å²) < 4.78 is 5.44. The third-order valence-corrected chi connectivity index (χ3v) is 3.28. The molecular weight excluding hydrogens is 188 g/mol. The van der Waals surface area contributed by atoms with Crippen molar-refractivity contribution >= 4 is 5.97 Å². The average molecular weight is 212 g/mol. The van der Waals surface area contributed by atoms with Gasteiger partial charge in [-0.15, -0.1) is 0 Å². The molecule has 0 aromatic heterocycles. The SMILES string of the molecule is CC(=O)OC1CC(C)CCC1CC(C)C. The summed E-state index contributed by atoms with van der Waals surface area (Å²) in [7, 11) is 0. The van der Waals surface area contributed by atoms with Gasteiger partial charge in [-0.1, -0.05) is 27.2 Å². The fraction of sp³-hybridized carbons (Fsp3) is 0.923. The van der Waals surface area contributed by atoms with Gasteiger partial charge >= 0.3 is 5.97 Å². The quantitative estimate of drug-likeness (QED) is 0.670. The molecule has 0 heterocycles. The Hall–Kier alpha value is -0.530. The van der Waals surface area contributed by atoms with Gasteiger partial charge in [0.25, 0.3) is 0 Å². The second-order valence-electron chi connectivity index (χ2n) is 5.46. The number of rotatable bonds is 3. The maximum atomic E-state index is 11.0. The van der Waals surface area contributed by atoms with Crippen LogP contribution in [0.4, 0.5) is 0 Å². The first-order chi connectivity index (χ1) is 6.99. The van der Waals surface area contributed by atoms with Crippen LogP contribution in [0.3, 0.4) is 0 Å². The van der Waals surface area contributed by atoms with Crippen LogP contribution in [0.5, 0.6) is 0 Å². The summed E-state index contributed by atoms with van der Waals surface area (Å²) in [5, 5.41) is 0. The molecule has 3 atom stereocenters. The van der Waals surface area contributed by atoms with E-state index in [9.17, 15) is 4.79 Å². The van der Waals surface area contributed by atoms with Gasteiger partial charge < -0.3 is 4.74 Å². The van der Waals surface area contributed by atoms with E-state index in [1.54, 1.807) is 0 Å². The van der Waals surface area contributed by atoms with E-state index in [4.69, 9.17) is 4.74 Å². The van der Waals surface area contributed by atoms with Crippen LogP contribution in [0.25, 0.3) is 0 Å². The highest BCUT2D eigenvalue weighted by molar-refractivity contribution is 5.66. The number of esters is 1. The number of hydrogen-bond donors (Lipinski definition) is 0. The zero-order valence-corrected chi connectivity index (χ0v) is 10.5. The molecule has 1 rings (SSSR count). The first-order valence-corrected chi connectivity index (χ1v) is 6.16. The molecule has 1 saturated carbocycles. The van der Waals surface area contributed by atoms with Crippen LogP contribution in [0.1, 0.15) is 53.4 Å². The molecule has 0 saturated heterocycles. The summed E-state index contributed by atoms with van der Waals surface area (Å²) in [5.41, 5.74) is 0. The van der Waals surface area contributed by atoms with Gasteiger partial charge in [0, 0.05) is 6.92 Å². The second kappa shape index (κ2) is 5.53. The molecular formula is C13H24O2. The Balaban J connectivity index is 2.53. The molecule has 1 aliphatic rings. The van der Waals surface area contributed by atoms with E-state index in [1.165, 1.54) is 26.2 Å². The predicted octanol–water partition coefficient (Wildman–Crippen LogP) is 3.40. The maximum Gasteiger partial charge on any atom is 0.302 e. The Morgan fingerprint density at radius 1 is 1.40 bits per heavy atom. The lowest BCUT2D eigenvalue weighted by Gasteiger charge is -2.35. The smallest absolute Gasteiger partial charge is 0.302 e. The minimum Gasteiger partial charge on any atom is -0.462 e. The predicted molar refractivity (Wildman–Crippen MR) is 61.5 cm³/mol. The Bertz CT molecular complexity index is 211. The summed E-state index contributed by atoms with van der Waals surface area (Å²) >= 11 is 0. The molecule has 0 radical (unpaired) electrons. The van der Waals surface area contributed by atoms with Crippen LogP contribution in [0.15, 0.2) is 0 Å². The molecule has 1 fully saturated rings. The van der Waals surface area contributed by atoms with Crippen LogP contribution < -0.4 is 0 Å². The summed E-state index contributed by atoms with van der Waals surface area (Å²) in [6.45, 7) is 8.25. The lowest BCUT2D eigenvalue weighted by Crippen LogP contribution is -2.33. The van der Waals surface area contributed by atoms with E-state index in [0.717, 1.165) is 6.42 Å². The van der Waals surface area contributed by atoms with Crippen molar-refractivity contribution in [2.45, 2.75) is 59.5 Å². The fourth-order valence-electron chi connectivity index (χ4n) is 2.62. The number of hydrogen-bond acceptors (Lipinski definition) is 2. The van der Waals surface area contributed by atoms with Gasteiger partial charge in [-0.05, 0) is 37.0 Å². The largest absolute Gasteiger partial charge is 0.462 e. The van der Waals surface area contributed by atoms with Crippen LogP contribution in [-0.2, 0) is 9.53 Å². The maximum absolute atomic E-state index is 11.0. The molecule has 0 amide bonds. The van der Waals surface area contributed by atoms with Crippen molar-refractivity contribution in [1.82, 2.24) is 0 Å². The van der Waals surface area contributed by atoms with Crippen molar-refractivity contribution in [2.75, 3.05) is 0 Å². The van der Waals surface area contributed by atoms with Crippen molar-refractivity contribution < 1.29 is 9.53 Å². The van der Waals surface area contributed by atoms with Crippen molar-refractivity contribution in [3.05, 3.63) is 0 Å². The lowest BCUT2D eigenvalue weighted by molar-refractivity contribution is -0.152. The highest BCUT2D eigenvalue weighted by atomic mass is 16.5. The monoisotopic (exact) mass is 212 g/mol. The Morgan fingerprint density at radius 2 is 2.07 bits per heavy atom. The minimum absolute atomic E-state index is 0.122. The summed E-state index contributed by atoms with van der Waals surface area (Å²) in [5.74, 6) is 1.87. The molecule has 0 aromatic rings. The Morgan fingerprint density at radius 3 is 2.60 bits per heavy atom. The summed E-state index contributed by atoms with van der Waals surface area (Å²) in [6, 6.07) is 0. The van der Waals surface area contributed by atoms with E-state index in [-0.39, 0.29) is 12.1 Å². The number of ether oxygens (including phenoxy) is 1. The third-order valence-electron chi connectivity index (χ3n) is 3.28. The van der Waals surface area contributed by atoms with E-state index in [0.29, 0.717) is 17.8 Å². The highest BCUT2D eigenvalue weighted by Crippen LogP contribution is 2.34. The topological polar surface area (TPSA) is 26.3 Å². The summed E-state index contributed by atoms with van der Waals surface area (Å²) in [4.78, 5) is 11.0. The third kappa shape index (κ3) is 4.23. The molecule has 2 nitrogen and oxygen atoms in total. The molecule has 1 aliphatic carbocycles. The summed E-state index contributed by atoms with van der Waals surface area (Å²) in [6.07, 6.45) is 4.92. The van der Waals surface area contributed by atoms with Gasteiger partial charge in [0.2, 0.25) is 0 Å². The van der Waals surface area contributed by atoms with Gasteiger partial charge in [-0.3, -0.25) is 4.79 Å². The van der Waals surface area contributed by atoms with Crippen molar-refractivity contribution in [3.8, 4) is 0 Å². The van der Waals surface area contributed by atoms with E-state index < -0.39 is 0 Å². The van der Waals surface area contributed by atoms with Gasteiger partial charge in [0.15, 0.2) is 0 Å². The Labute approximate surface area is 93.4 Å². The van der Waals surface area contributed by atoms with Crippen LogP contribution >= 0.6 is 0 Å². The van der Waals surface area contributed by atoms with Gasteiger partial charge in [-0.2, -0.15) is 0 Å². The van der Waals surface area contributed by atoms with Gasteiger partial charge in [0.1, 0.15) is 6.10 Å². The van der Waals surface area contributed by atoms with Crippen LogP contribution in [-0.4, -0.2) is 12.1 Å². The number of carbonyl (C=O) groups is 1. The zero-order valence-electron chi connectivity index (χ0n) is 10.5. The normalized spacial score (nSPS) is 31.7. The zero-order chi connectivity index (χ0) is 11.4. The molecule has 0 N–H and O–H groups in total. The molecule has 0 bridgehead atoms. The van der Waals surface area contributed by atoms with E-state index in [1.807, 2.05) is 0 Å². The minimum atomic E-state index is -0.122. The molecule has 88 valence electrons. The molecule has 0 aliphatic heterocycles. The Kier molecular flexibility index (Phi) is 4.62. The average Bonchev–Trinajstić information content (AvgIpc) is 2.08. The van der Waals surface area contributed by atoms with Crippen molar-refractivity contribution in [3.63, 3.8) is 0 Å². The molecule has 0 spiro atoms. The molecule has 3 unspecified atom stereocenters. The van der Waals surface area contributed by atoms with Crippen molar-refractivity contribution in [1.29, 1.82) is 0 Å². The van der Waals surface area contributed by atoms with Gasteiger partial charge in [-0.25, -0.2) is 0 Å². The fourth-order valence-corrected chi connectivity index (χ4v) is 2.62. The standard InChI is InChI=1S/C13H24O2/c1-9(2)7-12-6-5-10(3)8-13(12)15-11(4)14/h9-10,12-13H,5-8H2,1-4H3.